The van der Waals surface area contributed by atoms with Crippen molar-refractivity contribution >= 4 is 18.5 Å². The van der Waals surface area contributed by atoms with Gasteiger partial charge in [0.1, 0.15) is 11.6 Å². The molecule has 21 heavy (non-hydrogen) atoms. The fraction of sp³-hybridized carbons (Fsp3) is 0.0714. The predicted molar refractivity (Wildman–Crippen MR) is 73.8 cm³/mol. The van der Waals surface area contributed by atoms with E-state index < -0.39 is 18.8 Å². The Hall–Kier alpha value is -2.25. The Labute approximate surface area is 120 Å². The van der Waals surface area contributed by atoms with Crippen molar-refractivity contribution in [3.05, 3.63) is 65.2 Å². The lowest BCUT2D eigenvalue weighted by atomic mass is 9.79. The highest BCUT2D eigenvalue weighted by atomic mass is 19.1. The summed E-state index contributed by atoms with van der Waals surface area (Å²) in [6, 6.07) is 8.68. The van der Waals surface area contributed by atoms with Gasteiger partial charge in [-0.1, -0.05) is 12.1 Å². The quantitative estimate of drug-likeness (QED) is 0.722. The number of hydrogen-bond acceptors (Lipinski definition) is 3. The summed E-state index contributed by atoms with van der Waals surface area (Å²) in [7, 11) is -1.86. The van der Waals surface area contributed by atoms with Crippen LogP contribution in [0.2, 0.25) is 0 Å². The van der Waals surface area contributed by atoms with Gasteiger partial charge >= 0.3 is 7.12 Å². The van der Waals surface area contributed by atoms with Crippen LogP contribution < -0.4 is 10.8 Å². The second-order valence-corrected chi connectivity index (χ2v) is 4.46. The molecule has 4 nitrogen and oxygen atoms in total. The van der Waals surface area contributed by atoms with Crippen LogP contribution in [0.4, 0.5) is 8.78 Å². The van der Waals surface area contributed by atoms with Gasteiger partial charge in [0.2, 0.25) is 0 Å². The lowest BCUT2D eigenvalue weighted by Crippen LogP contribution is -2.32. The highest BCUT2D eigenvalue weighted by molar-refractivity contribution is 6.58. The van der Waals surface area contributed by atoms with Crippen molar-refractivity contribution in [1.29, 1.82) is 0 Å². The van der Waals surface area contributed by atoms with Crippen LogP contribution in [-0.4, -0.2) is 23.1 Å². The number of nitrogens with one attached hydrogen (secondary N) is 1. The molecule has 2 aromatic carbocycles. The molecule has 1 amide bonds. The van der Waals surface area contributed by atoms with Crippen LogP contribution in [-0.2, 0) is 6.54 Å². The Morgan fingerprint density at radius 1 is 1.05 bits per heavy atom. The van der Waals surface area contributed by atoms with Crippen LogP contribution in [0, 0.1) is 11.6 Å². The van der Waals surface area contributed by atoms with Crippen LogP contribution in [0.1, 0.15) is 15.9 Å². The maximum atomic E-state index is 13.3. The second kappa shape index (κ2) is 6.47. The second-order valence-electron chi connectivity index (χ2n) is 4.46. The lowest BCUT2D eigenvalue weighted by Gasteiger charge is -2.07. The van der Waals surface area contributed by atoms with E-state index in [2.05, 4.69) is 5.32 Å². The summed E-state index contributed by atoms with van der Waals surface area (Å²) in [6.45, 7) is 0.145. The zero-order valence-electron chi connectivity index (χ0n) is 10.9. The molecule has 0 aliphatic heterocycles. The molecule has 0 fully saturated rings. The number of carbonyl (C=O) groups excluding carboxylic acids is 1. The van der Waals surface area contributed by atoms with Crippen molar-refractivity contribution in [2.24, 2.45) is 0 Å². The van der Waals surface area contributed by atoms with Crippen LogP contribution in [0.5, 0.6) is 0 Å². The van der Waals surface area contributed by atoms with E-state index in [1.807, 2.05) is 0 Å². The topological polar surface area (TPSA) is 69.6 Å². The molecule has 108 valence electrons. The van der Waals surface area contributed by atoms with Crippen molar-refractivity contribution in [2.75, 3.05) is 0 Å². The zero-order valence-corrected chi connectivity index (χ0v) is 10.9. The molecule has 3 N–H and O–H groups in total. The van der Waals surface area contributed by atoms with Gasteiger partial charge in [0, 0.05) is 12.1 Å². The molecule has 0 unspecified atom stereocenters. The number of amides is 1. The molecular weight excluding hydrogens is 279 g/mol. The molecule has 0 aromatic heterocycles. The summed E-state index contributed by atoms with van der Waals surface area (Å²) in [5.41, 5.74) is 0.547. The standard InChI is InChI=1S/C14H12BF2NO3/c16-12-3-1-9(2-4-12)8-18-14(19)10-5-11(15(20)21)7-13(17)6-10/h1-7,20-21H,8H2,(H,18,19). The first-order valence-corrected chi connectivity index (χ1v) is 6.15. The normalized spacial score (nSPS) is 10.3. The summed E-state index contributed by atoms with van der Waals surface area (Å²) in [5.74, 6) is -1.69. The van der Waals surface area contributed by atoms with Gasteiger partial charge in [-0.05, 0) is 41.4 Å². The van der Waals surface area contributed by atoms with E-state index in [-0.39, 0.29) is 23.4 Å². The molecular formula is C14H12BF2NO3. The first kappa shape index (κ1) is 15.1. The Morgan fingerprint density at radius 3 is 2.33 bits per heavy atom. The molecule has 0 radical (unpaired) electrons. The monoisotopic (exact) mass is 291 g/mol. The average Bonchev–Trinajstić information content (AvgIpc) is 2.45. The van der Waals surface area contributed by atoms with Gasteiger partial charge in [-0.25, -0.2) is 8.78 Å². The molecule has 2 rings (SSSR count). The molecule has 0 spiro atoms. The highest BCUT2D eigenvalue weighted by Gasteiger charge is 2.16. The molecule has 0 atom stereocenters. The average molecular weight is 291 g/mol. The first-order valence-electron chi connectivity index (χ1n) is 6.15. The number of benzene rings is 2. The summed E-state index contributed by atoms with van der Waals surface area (Å²) in [4.78, 5) is 11.9. The minimum Gasteiger partial charge on any atom is -0.423 e. The molecule has 0 aliphatic rings. The molecule has 0 aliphatic carbocycles. The fourth-order valence-corrected chi connectivity index (χ4v) is 1.78. The van der Waals surface area contributed by atoms with Crippen molar-refractivity contribution in [1.82, 2.24) is 5.32 Å². The summed E-state index contributed by atoms with van der Waals surface area (Å²) < 4.78 is 26.1. The van der Waals surface area contributed by atoms with E-state index in [1.165, 1.54) is 30.3 Å². The van der Waals surface area contributed by atoms with Crippen molar-refractivity contribution < 1.29 is 23.6 Å². The van der Waals surface area contributed by atoms with E-state index in [1.54, 1.807) is 0 Å². The van der Waals surface area contributed by atoms with E-state index in [0.717, 1.165) is 12.1 Å². The van der Waals surface area contributed by atoms with Crippen molar-refractivity contribution in [3.63, 3.8) is 0 Å². The number of halogens is 2. The van der Waals surface area contributed by atoms with Gasteiger partial charge in [-0.15, -0.1) is 0 Å². The predicted octanol–water partition coefficient (Wildman–Crippen LogP) is 0.575. The number of hydrogen-bond donors (Lipinski definition) is 3. The molecule has 0 heterocycles. The van der Waals surface area contributed by atoms with Gasteiger partial charge in [0.25, 0.3) is 5.91 Å². The number of carbonyl (C=O) groups is 1. The maximum Gasteiger partial charge on any atom is 0.488 e. The van der Waals surface area contributed by atoms with Gasteiger partial charge < -0.3 is 15.4 Å². The molecule has 0 bridgehead atoms. The Bertz CT molecular complexity index is 647. The van der Waals surface area contributed by atoms with Crippen molar-refractivity contribution in [2.45, 2.75) is 6.54 Å². The van der Waals surface area contributed by atoms with E-state index in [9.17, 15) is 13.6 Å². The third kappa shape index (κ3) is 4.11. The third-order valence-electron chi connectivity index (χ3n) is 2.85. The van der Waals surface area contributed by atoms with Gasteiger partial charge in [-0.3, -0.25) is 4.79 Å². The zero-order chi connectivity index (χ0) is 15.4. The maximum absolute atomic E-state index is 13.3. The largest absolute Gasteiger partial charge is 0.488 e. The van der Waals surface area contributed by atoms with Crippen LogP contribution in [0.3, 0.4) is 0 Å². The van der Waals surface area contributed by atoms with E-state index in [0.29, 0.717) is 5.56 Å². The Balaban J connectivity index is 2.08. The van der Waals surface area contributed by atoms with Crippen LogP contribution in [0.15, 0.2) is 42.5 Å². The minimum atomic E-state index is -1.86. The van der Waals surface area contributed by atoms with Gasteiger partial charge in [-0.2, -0.15) is 0 Å². The highest BCUT2D eigenvalue weighted by Crippen LogP contribution is 2.05. The minimum absolute atomic E-state index is 0.0276. The Morgan fingerprint density at radius 2 is 1.71 bits per heavy atom. The Kier molecular flexibility index (Phi) is 4.67. The SMILES string of the molecule is O=C(NCc1ccc(F)cc1)c1cc(F)cc(B(O)O)c1. The molecule has 0 saturated heterocycles. The molecule has 7 heteroatoms. The van der Waals surface area contributed by atoms with Gasteiger partial charge in [0.15, 0.2) is 0 Å². The lowest BCUT2D eigenvalue weighted by molar-refractivity contribution is 0.0950. The smallest absolute Gasteiger partial charge is 0.423 e. The fourth-order valence-electron chi connectivity index (χ4n) is 1.78. The molecule has 0 saturated carbocycles. The van der Waals surface area contributed by atoms with E-state index >= 15 is 0 Å². The summed E-state index contributed by atoms with van der Waals surface area (Å²) in [5, 5.41) is 20.6. The number of rotatable bonds is 4. The summed E-state index contributed by atoms with van der Waals surface area (Å²) >= 11 is 0. The van der Waals surface area contributed by atoms with Gasteiger partial charge in [0.05, 0.1) is 0 Å². The van der Waals surface area contributed by atoms with Crippen LogP contribution in [0.25, 0.3) is 0 Å². The third-order valence-corrected chi connectivity index (χ3v) is 2.85. The summed E-state index contributed by atoms with van der Waals surface area (Å²) in [6.07, 6.45) is 0. The first-order chi connectivity index (χ1) is 9.95. The van der Waals surface area contributed by atoms with E-state index in [4.69, 9.17) is 10.0 Å². The van der Waals surface area contributed by atoms with Crippen LogP contribution >= 0.6 is 0 Å². The van der Waals surface area contributed by atoms with Crippen molar-refractivity contribution in [3.8, 4) is 0 Å². The molecule has 2 aromatic rings.